The molecule has 0 spiro atoms. The SMILES string of the molecule is C#Cc1ccc(Oc2ccc(NP)c(CO)c2)cc1C#C. The fraction of sp³-hybridized carbons (Fsp3) is 0.0588. The Kier molecular flexibility index (Phi) is 4.85. The molecule has 0 saturated heterocycles. The summed E-state index contributed by atoms with van der Waals surface area (Å²) in [5, 5.41) is 12.3. The molecule has 3 nitrogen and oxygen atoms in total. The lowest BCUT2D eigenvalue weighted by Crippen LogP contribution is -1.93. The maximum atomic E-state index is 9.34. The van der Waals surface area contributed by atoms with Gasteiger partial charge in [0.1, 0.15) is 11.5 Å². The van der Waals surface area contributed by atoms with Crippen LogP contribution in [0.15, 0.2) is 36.4 Å². The number of aliphatic hydroxyl groups is 1. The zero-order chi connectivity index (χ0) is 15.2. The zero-order valence-corrected chi connectivity index (χ0v) is 12.4. The van der Waals surface area contributed by atoms with Crippen molar-refractivity contribution in [2.75, 3.05) is 5.09 Å². The molecule has 0 aliphatic carbocycles. The molecule has 1 atom stereocenters. The maximum Gasteiger partial charge on any atom is 0.128 e. The first-order valence-corrected chi connectivity index (χ1v) is 6.75. The summed E-state index contributed by atoms with van der Waals surface area (Å²) >= 11 is 0. The molecule has 0 heterocycles. The molecule has 4 heteroatoms. The predicted octanol–water partition coefficient (Wildman–Crippen LogP) is 3.14. The van der Waals surface area contributed by atoms with E-state index < -0.39 is 0 Å². The second kappa shape index (κ2) is 6.82. The standard InChI is InChI=1S/C17H14NO2P/c1-3-12-5-6-15(9-13(12)4-2)20-16-7-8-17(18-21)14(10-16)11-19/h1-2,5-10,18-19H,11,21H2. The first kappa shape index (κ1) is 14.9. The van der Waals surface area contributed by atoms with Gasteiger partial charge in [0, 0.05) is 22.4 Å². The first-order valence-electron chi connectivity index (χ1n) is 6.17. The molecule has 0 bridgehead atoms. The van der Waals surface area contributed by atoms with Crippen molar-refractivity contribution in [1.82, 2.24) is 0 Å². The molecule has 2 aromatic carbocycles. The van der Waals surface area contributed by atoms with E-state index in [4.69, 9.17) is 17.6 Å². The minimum atomic E-state index is -0.0838. The molecule has 0 fully saturated rings. The third-order valence-electron chi connectivity index (χ3n) is 2.94. The van der Waals surface area contributed by atoms with Crippen LogP contribution in [0.5, 0.6) is 11.5 Å². The minimum absolute atomic E-state index is 0.0838. The highest BCUT2D eigenvalue weighted by Gasteiger charge is 2.05. The molecular formula is C17H14NO2P. The van der Waals surface area contributed by atoms with Crippen LogP contribution >= 0.6 is 9.39 Å². The number of benzene rings is 2. The Morgan fingerprint density at radius 1 is 1.05 bits per heavy atom. The molecule has 2 aromatic rings. The van der Waals surface area contributed by atoms with E-state index >= 15 is 0 Å². The van der Waals surface area contributed by atoms with Gasteiger partial charge in [-0.25, -0.2) is 0 Å². The van der Waals surface area contributed by atoms with Crippen LogP contribution in [-0.2, 0) is 6.61 Å². The van der Waals surface area contributed by atoms with Crippen molar-refractivity contribution in [3.63, 3.8) is 0 Å². The lowest BCUT2D eigenvalue weighted by atomic mass is 10.1. The van der Waals surface area contributed by atoms with Gasteiger partial charge in [-0.05, 0) is 45.8 Å². The number of anilines is 1. The molecule has 2 N–H and O–H groups in total. The van der Waals surface area contributed by atoms with Gasteiger partial charge in [0.15, 0.2) is 0 Å². The zero-order valence-electron chi connectivity index (χ0n) is 11.3. The number of hydrogen-bond acceptors (Lipinski definition) is 3. The van der Waals surface area contributed by atoms with Crippen LogP contribution in [0.25, 0.3) is 0 Å². The van der Waals surface area contributed by atoms with E-state index in [2.05, 4.69) is 26.3 Å². The molecule has 0 saturated carbocycles. The summed E-state index contributed by atoms with van der Waals surface area (Å²) in [7, 11) is 2.39. The van der Waals surface area contributed by atoms with Crippen LogP contribution in [0, 0.1) is 24.7 Å². The Hall–Kier alpha value is -2.45. The first-order chi connectivity index (χ1) is 10.2. The van der Waals surface area contributed by atoms with Crippen molar-refractivity contribution in [2.45, 2.75) is 6.61 Å². The fourth-order valence-electron chi connectivity index (χ4n) is 1.87. The summed E-state index contributed by atoms with van der Waals surface area (Å²) in [5.41, 5.74) is 2.82. The van der Waals surface area contributed by atoms with E-state index in [-0.39, 0.29) is 6.61 Å². The average Bonchev–Trinajstić information content (AvgIpc) is 2.54. The third kappa shape index (κ3) is 3.36. The fourth-order valence-corrected chi connectivity index (χ4v) is 2.16. The van der Waals surface area contributed by atoms with Gasteiger partial charge in [0.2, 0.25) is 0 Å². The number of rotatable bonds is 4. The van der Waals surface area contributed by atoms with Crippen LogP contribution < -0.4 is 9.82 Å². The minimum Gasteiger partial charge on any atom is -0.457 e. The topological polar surface area (TPSA) is 41.5 Å². The number of nitrogens with one attached hydrogen (secondary N) is 1. The normalized spacial score (nSPS) is 9.52. The lowest BCUT2D eigenvalue weighted by Gasteiger charge is -2.11. The predicted molar refractivity (Wildman–Crippen MR) is 88.1 cm³/mol. The van der Waals surface area contributed by atoms with E-state index in [1.807, 2.05) is 6.07 Å². The molecule has 0 amide bonds. The molecule has 2 rings (SSSR count). The Bertz CT molecular complexity index is 741. The maximum absolute atomic E-state index is 9.34. The van der Waals surface area contributed by atoms with Crippen molar-refractivity contribution >= 4 is 15.1 Å². The Balaban J connectivity index is 2.31. The van der Waals surface area contributed by atoms with Gasteiger partial charge in [-0.3, -0.25) is 0 Å². The van der Waals surface area contributed by atoms with E-state index in [0.717, 1.165) is 11.3 Å². The van der Waals surface area contributed by atoms with Crippen LogP contribution in [-0.4, -0.2) is 5.11 Å². The smallest absolute Gasteiger partial charge is 0.128 e. The van der Waals surface area contributed by atoms with Crippen LogP contribution in [0.4, 0.5) is 5.69 Å². The molecule has 0 aromatic heterocycles. The average molecular weight is 295 g/mol. The van der Waals surface area contributed by atoms with Crippen LogP contribution in [0.3, 0.4) is 0 Å². The van der Waals surface area contributed by atoms with Gasteiger partial charge in [-0.1, -0.05) is 11.8 Å². The van der Waals surface area contributed by atoms with Crippen molar-refractivity contribution in [3.05, 3.63) is 53.1 Å². The van der Waals surface area contributed by atoms with Gasteiger partial charge < -0.3 is 14.9 Å². The number of terminal acetylenes is 2. The molecule has 0 radical (unpaired) electrons. The van der Waals surface area contributed by atoms with Crippen molar-refractivity contribution in [3.8, 4) is 36.2 Å². The van der Waals surface area contributed by atoms with Gasteiger partial charge in [-0.2, -0.15) is 0 Å². The highest BCUT2D eigenvalue weighted by Crippen LogP contribution is 2.28. The lowest BCUT2D eigenvalue weighted by molar-refractivity contribution is 0.282. The van der Waals surface area contributed by atoms with E-state index in [9.17, 15) is 5.11 Å². The summed E-state index contributed by atoms with van der Waals surface area (Å²) in [6.07, 6.45) is 10.8. The van der Waals surface area contributed by atoms with Gasteiger partial charge in [0.25, 0.3) is 0 Å². The number of aliphatic hydroxyl groups excluding tert-OH is 1. The molecule has 104 valence electrons. The Morgan fingerprint density at radius 2 is 1.71 bits per heavy atom. The molecule has 1 unspecified atom stereocenters. The molecule has 0 aliphatic heterocycles. The van der Waals surface area contributed by atoms with Crippen LogP contribution in [0.1, 0.15) is 16.7 Å². The van der Waals surface area contributed by atoms with Crippen LogP contribution in [0.2, 0.25) is 0 Å². The summed E-state index contributed by atoms with van der Waals surface area (Å²) in [6, 6.07) is 10.6. The highest BCUT2D eigenvalue weighted by molar-refractivity contribution is 7.18. The molecule has 21 heavy (non-hydrogen) atoms. The molecule has 0 aliphatic rings. The van der Waals surface area contributed by atoms with E-state index in [0.29, 0.717) is 22.6 Å². The second-order valence-electron chi connectivity index (χ2n) is 4.22. The number of hydrogen-bond donors (Lipinski definition) is 2. The van der Waals surface area contributed by atoms with Crippen molar-refractivity contribution < 1.29 is 9.84 Å². The van der Waals surface area contributed by atoms with Gasteiger partial charge in [-0.15, -0.1) is 12.8 Å². The third-order valence-corrected chi connectivity index (χ3v) is 3.25. The highest BCUT2D eigenvalue weighted by atomic mass is 31.0. The summed E-state index contributed by atoms with van der Waals surface area (Å²) in [5.74, 6) is 6.27. The Morgan fingerprint density at radius 3 is 2.33 bits per heavy atom. The second-order valence-corrected chi connectivity index (χ2v) is 4.51. The Labute approximate surface area is 126 Å². The summed E-state index contributed by atoms with van der Waals surface area (Å²) < 4.78 is 5.75. The monoisotopic (exact) mass is 295 g/mol. The summed E-state index contributed by atoms with van der Waals surface area (Å²) in [4.78, 5) is 0. The van der Waals surface area contributed by atoms with Crippen molar-refractivity contribution in [2.24, 2.45) is 0 Å². The van der Waals surface area contributed by atoms with Gasteiger partial charge in [0.05, 0.1) is 6.61 Å². The van der Waals surface area contributed by atoms with E-state index in [1.54, 1.807) is 30.3 Å². The quantitative estimate of drug-likeness (QED) is 0.672. The molecular weight excluding hydrogens is 281 g/mol. The van der Waals surface area contributed by atoms with Gasteiger partial charge >= 0.3 is 0 Å². The summed E-state index contributed by atoms with van der Waals surface area (Å²) in [6.45, 7) is -0.0838. The van der Waals surface area contributed by atoms with Crippen molar-refractivity contribution in [1.29, 1.82) is 0 Å². The largest absolute Gasteiger partial charge is 0.457 e. The van der Waals surface area contributed by atoms with E-state index in [1.165, 1.54) is 0 Å². The number of ether oxygens (including phenoxy) is 1.